The van der Waals surface area contributed by atoms with Gasteiger partial charge in [0.1, 0.15) is 0 Å². The molecule has 1 fully saturated rings. The molecule has 0 radical (unpaired) electrons. The second-order valence-electron chi connectivity index (χ2n) is 4.84. The van der Waals surface area contributed by atoms with E-state index < -0.39 is 0 Å². The minimum absolute atomic E-state index is 0.339. The monoisotopic (exact) mass is 271 g/mol. The van der Waals surface area contributed by atoms with E-state index in [9.17, 15) is 0 Å². The fourth-order valence-corrected chi connectivity index (χ4v) is 2.60. The average molecular weight is 271 g/mol. The quantitative estimate of drug-likeness (QED) is 0.842. The smallest absolute Gasteiger partial charge is 0.316 e. The number of hydrogen-bond acceptors (Lipinski definition) is 6. The van der Waals surface area contributed by atoms with Crippen LogP contribution in [0.5, 0.6) is 6.01 Å². The molecule has 104 valence electrons. The number of likely N-dealkylation sites (tertiary alicyclic amines) is 1. The molecule has 0 spiro atoms. The van der Waals surface area contributed by atoms with Gasteiger partial charge in [-0.25, -0.2) is 9.97 Å². The number of rotatable bonds is 4. The Bertz CT molecular complexity index is 545. The molecular weight excluding hydrogens is 254 g/mol. The van der Waals surface area contributed by atoms with Crippen molar-refractivity contribution in [3.8, 4) is 6.01 Å². The van der Waals surface area contributed by atoms with Gasteiger partial charge in [-0.1, -0.05) is 0 Å². The number of methoxy groups -OCH3 is 1. The molecule has 0 saturated carbocycles. The first kappa shape index (κ1) is 12.9. The van der Waals surface area contributed by atoms with Crippen LogP contribution in [-0.2, 0) is 6.54 Å². The lowest BCUT2D eigenvalue weighted by molar-refractivity contribution is 0.243. The molecule has 0 amide bonds. The first-order chi connectivity index (χ1) is 9.86. The van der Waals surface area contributed by atoms with E-state index in [4.69, 9.17) is 4.74 Å². The molecule has 0 aliphatic carbocycles. The molecule has 20 heavy (non-hydrogen) atoms. The van der Waals surface area contributed by atoms with Crippen molar-refractivity contribution < 1.29 is 4.74 Å². The van der Waals surface area contributed by atoms with Crippen LogP contribution in [-0.4, -0.2) is 38.5 Å². The van der Waals surface area contributed by atoms with Crippen LogP contribution in [0.25, 0.3) is 0 Å². The molecule has 1 aliphatic heterocycles. The minimum Gasteiger partial charge on any atom is -0.467 e. The Morgan fingerprint density at radius 1 is 1.20 bits per heavy atom. The van der Waals surface area contributed by atoms with Gasteiger partial charge in [0.2, 0.25) is 0 Å². The highest BCUT2D eigenvalue weighted by Crippen LogP contribution is 2.31. The van der Waals surface area contributed by atoms with Gasteiger partial charge in [0.05, 0.1) is 18.8 Å². The standard InChI is InChI=1S/C14H17N5O/c1-20-14-17-7-11(8-18-14)10-19-6-2-3-13(19)12-9-15-4-5-16-12/h4-5,7-9,13H,2-3,6,10H2,1H3. The molecule has 0 bridgehead atoms. The third kappa shape index (κ3) is 2.75. The molecule has 6 nitrogen and oxygen atoms in total. The third-order valence-corrected chi connectivity index (χ3v) is 3.54. The van der Waals surface area contributed by atoms with E-state index in [2.05, 4.69) is 24.8 Å². The van der Waals surface area contributed by atoms with E-state index in [0.29, 0.717) is 12.1 Å². The van der Waals surface area contributed by atoms with E-state index in [1.54, 1.807) is 19.5 Å². The molecule has 0 N–H and O–H groups in total. The van der Waals surface area contributed by atoms with Gasteiger partial charge in [-0.2, -0.15) is 0 Å². The fourth-order valence-electron chi connectivity index (χ4n) is 2.60. The molecule has 1 unspecified atom stereocenters. The minimum atomic E-state index is 0.339. The van der Waals surface area contributed by atoms with E-state index in [1.807, 2.05) is 18.6 Å². The van der Waals surface area contributed by atoms with E-state index in [1.165, 1.54) is 6.42 Å². The first-order valence-corrected chi connectivity index (χ1v) is 6.71. The lowest BCUT2D eigenvalue weighted by atomic mass is 10.1. The number of aromatic nitrogens is 4. The maximum atomic E-state index is 4.98. The third-order valence-electron chi connectivity index (χ3n) is 3.54. The summed E-state index contributed by atoms with van der Waals surface area (Å²) in [5, 5.41) is 0. The second kappa shape index (κ2) is 5.92. The molecule has 1 saturated heterocycles. The molecule has 3 heterocycles. The Morgan fingerprint density at radius 2 is 2.05 bits per heavy atom. The summed E-state index contributed by atoms with van der Waals surface area (Å²) < 4.78 is 4.98. The zero-order chi connectivity index (χ0) is 13.8. The lowest BCUT2D eigenvalue weighted by Crippen LogP contribution is -2.23. The number of nitrogens with zero attached hydrogens (tertiary/aromatic N) is 5. The van der Waals surface area contributed by atoms with Gasteiger partial charge in [0.15, 0.2) is 0 Å². The summed E-state index contributed by atoms with van der Waals surface area (Å²) in [6.07, 6.45) is 11.2. The molecule has 1 aliphatic rings. The van der Waals surface area contributed by atoms with Crippen LogP contribution < -0.4 is 4.74 Å². The summed E-state index contributed by atoms with van der Waals surface area (Å²) in [5.41, 5.74) is 2.13. The summed E-state index contributed by atoms with van der Waals surface area (Å²) in [7, 11) is 1.57. The zero-order valence-corrected chi connectivity index (χ0v) is 11.4. The van der Waals surface area contributed by atoms with Crippen molar-refractivity contribution in [2.45, 2.75) is 25.4 Å². The molecule has 0 aromatic carbocycles. The lowest BCUT2D eigenvalue weighted by Gasteiger charge is -2.23. The van der Waals surface area contributed by atoms with Crippen LogP contribution in [0.1, 0.15) is 30.1 Å². The van der Waals surface area contributed by atoms with Crippen LogP contribution >= 0.6 is 0 Å². The normalized spacial score (nSPS) is 19.1. The zero-order valence-electron chi connectivity index (χ0n) is 11.4. The van der Waals surface area contributed by atoms with Crippen molar-refractivity contribution in [3.05, 3.63) is 42.2 Å². The highest BCUT2D eigenvalue weighted by atomic mass is 16.5. The summed E-state index contributed by atoms with van der Waals surface area (Å²) >= 11 is 0. The maximum Gasteiger partial charge on any atom is 0.316 e. The molecule has 2 aromatic heterocycles. The van der Waals surface area contributed by atoms with E-state index >= 15 is 0 Å². The maximum absolute atomic E-state index is 4.98. The molecule has 6 heteroatoms. The van der Waals surface area contributed by atoms with Gasteiger partial charge in [0, 0.05) is 43.1 Å². The fraction of sp³-hybridized carbons (Fsp3) is 0.429. The molecule has 2 aromatic rings. The van der Waals surface area contributed by atoms with Crippen LogP contribution in [0.2, 0.25) is 0 Å². The Morgan fingerprint density at radius 3 is 2.75 bits per heavy atom. The van der Waals surface area contributed by atoms with Crippen molar-refractivity contribution in [1.29, 1.82) is 0 Å². The predicted octanol–water partition coefficient (Wildman–Crippen LogP) is 1.61. The first-order valence-electron chi connectivity index (χ1n) is 6.71. The van der Waals surface area contributed by atoms with Crippen LogP contribution in [0, 0.1) is 0 Å². The van der Waals surface area contributed by atoms with Gasteiger partial charge < -0.3 is 4.74 Å². The average Bonchev–Trinajstić information content (AvgIpc) is 2.97. The molecular formula is C14H17N5O. The van der Waals surface area contributed by atoms with Gasteiger partial charge in [-0.05, 0) is 19.4 Å². The van der Waals surface area contributed by atoms with Crippen molar-refractivity contribution in [2.75, 3.05) is 13.7 Å². The van der Waals surface area contributed by atoms with Crippen LogP contribution in [0.15, 0.2) is 31.0 Å². The number of hydrogen-bond donors (Lipinski definition) is 0. The Labute approximate surface area is 117 Å². The predicted molar refractivity (Wildman–Crippen MR) is 73.0 cm³/mol. The van der Waals surface area contributed by atoms with Crippen molar-refractivity contribution in [1.82, 2.24) is 24.8 Å². The Kier molecular flexibility index (Phi) is 3.83. The Balaban J connectivity index is 1.72. The van der Waals surface area contributed by atoms with Gasteiger partial charge in [0.25, 0.3) is 0 Å². The summed E-state index contributed by atoms with van der Waals surface area (Å²) in [6, 6.07) is 0.742. The summed E-state index contributed by atoms with van der Waals surface area (Å²) in [5.74, 6) is 0. The number of ether oxygens (including phenoxy) is 1. The molecule has 1 atom stereocenters. The van der Waals surface area contributed by atoms with E-state index in [-0.39, 0.29) is 0 Å². The van der Waals surface area contributed by atoms with E-state index in [0.717, 1.165) is 30.8 Å². The highest BCUT2D eigenvalue weighted by molar-refractivity contribution is 5.10. The van der Waals surface area contributed by atoms with Gasteiger partial charge >= 0.3 is 6.01 Å². The van der Waals surface area contributed by atoms with Crippen molar-refractivity contribution in [3.63, 3.8) is 0 Å². The second-order valence-corrected chi connectivity index (χ2v) is 4.84. The van der Waals surface area contributed by atoms with Crippen LogP contribution in [0.3, 0.4) is 0 Å². The van der Waals surface area contributed by atoms with Crippen molar-refractivity contribution >= 4 is 0 Å². The Hall–Kier alpha value is -2.08. The summed E-state index contributed by atoms with van der Waals surface area (Å²) in [6.45, 7) is 1.89. The summed E-state index contributed by atoms with van der Waals surface area (Å²) in [4.78, 5) is 19.3. The largest absolute Gasteiger partial charge is 0.467 e. The molecule has 3 rings (SSSR count). The van der Waals surface area contributed by atoms with Crippen LogP contribution in [0.4, 0.5) is 0 Å². The topological polar surface area (TPSA) is 64.0 Å². The van der Waals surface area contributed by atoms with Crippen molar-refractivity contribution in [2.24, 2.45) is 0 Å². The highest BCUT2D eigenvalue weighted by Gasteiger charge is 2.27. The van der Waals surface area contributed by atoms with Gasteiger partial charge in [-0.15, -0.1) is 0 Å². The van der Waals surface area contributed by atoms with Gasteiger partial charge in [-0.3, -0.25) is 14.9 Å². The SMILES string of the molecule is COc1ncc(CN2CCCC2c2cnccn2)cn1.